The minimum atomic E-state index is -4.94. The predicted octanol–water partition coefficient (Wildman–Crippen LogP) is -2.65. The van der Waals surface area contributed by atoms with Gasteiger partial charge in [-0.05, 0) is 5.56 Å². The molecule has 2 rings (SSSR count). The summed E-state index contributed by atoms with van der Waals surface area (Å²) in [6, 6.07) is 10.7. The summed E-state index contributed by atoms with van der Waals surface area (Å²) in [5.74, 6) is 0. The normalized spacial score (nSPS) is 14.8. The highest BCUT2D eigenvalue weighted by Crippen LogP contribution is 2.02. The van der Waals surface area contributed by atoms with Gasteiger partial charge in [0.05, 0.1) is 0 Å². The molecule has 0 spiro atoms. The monoisotopic (exact) mass is 273 g/mol. The fourth-order valence-electron chi connectivity index (χ4n) is 1.78. The van der Waals surface area contributed by atoms with Crippen molar-refractivity contribution in [2.75, 3.05) is 13.1 Å². The minimum absolute atomic E-state index is 1.18. The Hall–Kier alpha value is -0.980. The van der Waals surface area contributed by atoms with Gasteiger partial charge in [0.2, 0.25) is 0 Å². The lowest BCUT2D eigenvalue weighted by Gasteiger charge is -2.17. The average molecular weight is 274 g/mol. The first-order valence-corrected chi connectivity index (χ1v) is 6.91. The standard InChI is InChI=1S/C12H16N.ClHO4/c1-2-6-12(7-3-1)8-11-13-9-4-5-10-13;2-1(3,4)5/h1-3,6-7,9H,4-5,8,10-11H2;(H,2,3,4,5)/q+1;/p-1. The highest BCUT2D eigenvalue weighted by Gasteiger charge is 2.09. The Morgan fingerprint density at radius 1 is 1.06 bits per heavy atom. The largest absolute Gasteiger partial charge is 0.239 e. The fraction of sp³-hybridized carbons (Fsp3) is 0.417. The Kier molecular flexibility index (Phi) is 6.24. The quantitative estimate of drug-likeness (QED) is 0.562. The summed E-state index contributed by atoms with van der Waals surface area (Å²) in [6.45, 7) is 2.44. The number of halogens is 1. The lowest BCUT2D eigenvalue weighted by molar-refractivity contribution is -2.00. The van der Waals surface area contributed by atoms with E-state index in [-0.39, 0.29) is 0 Å². The van der Waals surface area contributed by atoms with E-state index in [0.717, 1.165) is 0 Å². The van der Waals surface area contributed by atoms with Crippen molar-refractivity contribution in [1.82, 2.24) is 0 Å². The zero-order chi connectivity index (χ0) is 13.4. The van der Waals surface area contributed by atoms with Gasteiger partial charge in [0.15, 0.2) is 0 Å². The van der Waals surface area contributed by atoms with Gasteiger partial charge in [-0.1, -0.05) is 30.3 Å². The first kappa shape index (κ1) is 15.1. The molecule has 100 valence electrons. The van der Waals surface area contributed by atoms with Crippen LogP contribution in [0.5, 0.6) is 0 Å². The molecule has 0 atom stereocenters. The first-order chi connectivity index (χ1) is 8.45. The fourth-order valence-corrected chi connectivity index (χ4v) is 1.78. The van der Waals surface area contributed by atoms with Gasteiger partial charge in [-0.25, -0.2) is 23.2 Å². The third-order valence-corrected chi connectivity index (χ3v) is 2.57. The van der Waals surface area contributed by atoms with E-state index >= 15 is 0 Å². The summed E-state index contributed by atoms with van der Waals surface area (Å²) in [7, 11) is -4.94. The third kappa shape index (κ3) is 8.16. The molecule has 0 radical (unpaired) electrons. The Labute approximate surface area is 108 Å². The van der Waals surface area contributed by atoms with Crippen molar-refractivity contribution in [3.63, 3.8) is 0 Å². The van der Waals surface area contributed by atoms with Crippen LogP contribution in [0.2, 0.25) is 0 Å². The van der Waals surface area contributed by atoms with Crippen LogP contribution in [0.1, 0.15) is 18.4 Å². The molecule has 1 aromatic rings. The van der Waals surface area contributed by atoms with Crippen LogP contribution in [-0.2, 0) is 6.42 Å². The van der Waals surface area contributed by atoms with E-state index in [1.165, 1.54) is 37.9 Å². The van der Waals surface area contributed by atoms with Gasteiger partial charge >= 0.3 is 0 Å². The molecule has 0 saturated heterocycles. The average Bonchev–Trinajstić information content (AvgIpc) is 2.78. The SMILES string of the molecule is C1=[N+](CCc2ccccc2)CCC1.[O-][Cl+3]([O-])([O-])[O-]. The third-order valence-electron chi connectivity index (χ3n) is 2.57. The Bertz CT molecular complexity index is 369. The van der Waals surface area contributed by atoms with Gasteiger partial charge in [-0.3, -0.25) is 0 Å². The maximum atomic E-state index is 8.49. The zero-order valence-electron chi connectivity index (χ0n) is 9.96. The van der Waals surface area contributed by atoms with Crippen LogP contribution < -0.4 is 18.6 Å². The summed E-state index contributed by atoms with van der Waals surface area (Å²) >= 11 is 0. The van der Waals surface area contributed by atoms with Crippen molar-refractivity contribution in [3.8, 4) is 0 Å². The molecule has 1 aromatic carbocycles. The maximum Gasteiger partial charge on any atom is 0.146 e. The smallest absolute Gasteiger partial charge is 0.146 e. The highest BCUT2D eigenvalue weighted by molar-refractivity contribution is 5.52. The van der Waals surface area contributed by atoms with Gasteiger partial charge in [0.1, 0.15) is 19.3 Å². The van der Waals surface area contributed by atoms with E-state index in [9.17, 15) is 0 Å². The zero-order valence-corrected chi connectivity index (χ0v) is 10.7. The minimum Gasteiger partial charge on any atom is -0.239 e. The van der Waals surface area contributed by atoms with Crippen LogP contribution >= 0.6 is 0 Å². The van der Waals surface area contributed by atoms with Crippen molar-refractivity contribution in [2.45, 2.75) is 19.3 Å². The van der Waals surface area contributed by atoms with Gasteiger partial charge < -0.3 is 0 Å². The molecule has 5 nitrogen and oxygen atoms in total. The predicted molar refractivity (Wildman–Crippen MR) is 55.4 cm³/mol. The number of benzene rings is 1. The van der Waals surface area contributed by atoms with Crippen molar-refractivity contribution >= 4 is 6.21 Å². The Morgan fingerprint density at radius 3 is 2.17 bits per heavy atom. The van der Waals surface area contributed by atoms with Gasteiger partial charge in [0.25, 0.3) is 0 Å². The molecule has 1 aliphatic rings. The molecule has 0 aliphatic carbocycles. The molecule has 0 saturated carbocycles. The van der Waals surface area contributed by atoms with Crippen molar-refractivity contribution in [3.05, 3.63) is 35.9 Å². The number of nitrogens with zero attached hydrogens (tertiary/aromatic N) is 1. The number of hydrogen-bond donors (Lipinski definition) is 0. The van der Waals surface area contributed by atoms with E-state index in [0.29, 0.717) is 0 Å². The van der Waals surface area contributed by atoms with Crippen LogP contribution in [0.25, 0.3) is 0 Å². The molecular weight excluding hydrogens is 258 g/mol. The molecule has 0 unspecified atom stereocenters. The first-order valence-electron chi connectivity index (χ1n) is 5.68. The Morgan fingerprint density at radius 2 is 1.67 bits per heavy atom. The number of hydrogen-bond acceptors (Lipinski definition) is 4. The molecule has 1 aliphatic heterocycles. The van der Waals surface area contributed by atoms with E-state index in [2.05, 4.69) is 41.1 Å². The second-order valence-electron chi connectivity index (χ2n) is 3.97. The van der Waals surface area contributed by atoms with E-state index in [1.54, 1.807) is 0 Å². The van der Waals surface area contributed by atoms with Crippen LogP contribution in [0.3, 0.4) is 0 Å². The molecule has 0 N–H and O–H groups in total. The van der Waals surface area contributed by atoms with Crippen molar-refractivity contribution in [2.24, 2.45) is 0 Å². The highest BCUT2D eigenvalue weighted by atomic mass is 35.7. The molecular formula is C12H16ClNO4. The van der Waals surface area contributed by atoms with Crippen LogP contribution in [0.15, 0.2) is 30.3 Å². The molecule has 0 bridgehead atoms. The topological polar surface area (TPSA) is 95.2 Å². The summed E-state index contributed by atoms with van der Waals surface area (Å²) in [5, 5.41) is 0. The summed E-state index contributed by atoms with van der Waals surface area (Å²) in [5.41, 5.74) is 1.45. The van der Waals surface area contributed by atoms with Crippen molar-refractivity contribution in [1.29, 1.82) is 0 Å². The second-order valence-corrected chi connectivity index (χ2v) is 4.73. The number of rotatable bonds is 3. The molecule has 1 heterocycles. The molecule has 6 heteroatoms. The molecule has 0 aromatic heterocycles. The van der Waals surface area contributed by atoms with Gasteiger partial charge in [-0.15, -0.1) is 10.2 Å². The molecule has 0 fully saturated rings. The van der Waals surface area contributed by atoms with Crippen LogP contribution in [0, 0.1) is 10.2 Å². The van der Waals surface area contributed by atoms with E-state index in [4.69, 9.17) is 18.6 Å². The maximum absolute atomic E-state index is 8.49. The Balaban J connectivity index is 0.000000280. The van der Waals surface area contributed by atoms with Crippen molar-refractivity contribution < 1.29 is 33.5 Å². The lowest BCUT2D eigenvalue weighted by atomic mass is 10.1. The van der Waals surface area contributed by atoms with E-state index < -0.39 is 10.2 Å². The van der Waals surface area contributed by atoms with Crippen LogP contribution in [0.4, 0.5) is 0 Å². The van der Waals surface area contributed by atoms with Gasteiger partial charge in [0, 0.05) is 19.3 Å². The summed E-state index contributed by atoms with van der Waals surface area (Å²) in [4.78, 5) is 0. The van der Waals surface area contributed by atoms with E-state index in [1.807, 2.05) is 0 Å². The molecule has 0 amide bonds. The molecule has 18 heavy (non-hydrogen) atoms. The lowest BCUT2D eigenvalue weighted by Crippen LogP contribution is -2.68. The summed E-state index contributed by atoms with van der Waals surface area (Å²) in [6.07, 6.45) is 6.13. The summed E-state index contributed by atoms with van der Waals surface area (Å²) < 4.78 is 36.4. The second kappa shape index (κ2) is 7.45. The van der Waals surface area contributed by atoms with Gasteiger partial charge in [-0.2, -0.15) is 0 Å². The van der Waals surface area contributed by atoms with Crippen LogP contribution in [-0.4, -0.2) is 23.9 Å².